The summed E-state index contributed by atoms with van der Waals surface area (Å²) >= 11 is 0. The molecule has 3 rings (SSSR count). The first-order valence-electron chi connectivity index (χ1n) is 9.51. The monoisotopic (exact) mass is 418 g/mol. The predicted molar refractivity (Wildman–Crippen MR) is 117 cm³/mol. The van der Waals surface area contributed by atoms with Crippen molar-refractivity contribution in [2.45, 2.75) is 13.8 Å². The van der Waals surface area contributed by atoms with Gasteiger partial charge in [0.25, 0.3) is 5.91 Å². The van der Waals surface area contributed by atoms with Crippen molar-refractivity contribution in [3.05, 3.63) is 77.6 Å². The molecule has 1 aromatic heterocycles. The number of amides is 3. The molecule has 8 heteroatoms. The zero-order valence-electron chi connectivity index (χ0n) is 17.4. The summed E-state index contributed by atoms with van der Waals surface area (Å²) in [6.45, 7) is 3.82. The third kappa shape index (κ3) is 5.89. The zero-order chi connectivity index (χ0) is 22.4. The molecule has 0 atom stereocenters. The quantitative estimate of drug-likeness (QED) is 0.550. The molecule has 2 aromatic carbocycles. The Hall–Kier alpha value is -4.20. The molecule has 0 aliphatic rings. The van der Waals surface area contributed by atoms with Gasteiger partial charge in [-0.1, -0.05) is 12.1 Å². The Morgan fingerprint density at radius 1 is 0.806 bits per heavy atom. The van der Waals surface area contributed by atoms with Crippen molar-refractivity contribution in [3.63, 3.8) is 0 Å². The van der Waals surface area contributed by atoms with Gasteiger partial charge in [0, 0.05) is 36.8 Å². The SMILES string of the molecule is CNC(=O)c1cc(Oc2cccc(NC(=O)C(=O)Nc3cc(C)cc(C)c3)c2)ccn1. The lowest BCUT2D eigenvalue weighted by Gasteiger charge is -2.10. The second-order valence-corrected chi connectivity index (χ2v) is 6.87. The summed E-state index contributed by atoms with van der Waals surface area (Å²) in [6, 6.07) is 15.2. The van der Waals surface area contributed by atoms with Crippen LogP contribution in [0.15, 0.2) is 60.8 Å². The number of aryl methyl sites for hydroxylation is 2. The van der Waals surface area contributed by atoms with Gasteiger partial charge in [-0.25, -0.2) is 0 Å². The Balaban J connectivity index is 1.66. The molecular formula is C23H22N4O4. The van der Waals surface area contributed by atoms with E-state index in [1.807, 2.05) is 19.9 Å². The maximum atomic E-state index is 12.3. The number of hydrogen-bond donors (Lipinski definition) is 3. The Kier molecular flexibility index (Phi) is 6.61. The average molecular weight is 418 g/mol. The van der Waals surface area contributed by atoms with Crippen LogP contribution in [0.4, 0.5) is 11.4 Å². The van der Waals surface area contributed by atoms with Crippen LogP contribution in [-0.4, -0.2) is 29.8 Å². The van der Waals surface area contributed by atoms with Gasteiger partial charge >= 0.3 is 11.8 Å². The number of pyridine rings is 1. The first-order valence-corrected chi connectivity index (χ1v) is 9.51. The van der Waals surface area contributed by atoms with Gasteiger partial charge in [0.1, 0.15) is 17.2 Å². The largest absolute Gasteiger partial charge is 0.457 e. The van der Waals surface area contributed by atoms with Crippen LogP contribution in [0.2, 0.25) is 0 Å². The maximum absolute atomic E-state index is 12.3. The van der Waals surface area contributed by atoms with Crippen LogP contribution in [0.25, 0.3) is 0 Å². The third-order valence-corrected chi connectivity index (χ3v) is 4.20. The standard InChI is InChI=1S/C23H22N4O4/c1-14-9-15(2)11-17(10-14)27-23(30)22(29)26-16-5-4-6-18(12-16)31-19-7-8-25-20(13-19)21(28)24-3/h4-13H,1-3H3,(H,24,28)(H,26,29)(H,27,30). The molecule has 3 N–H and O–H groups in total. The van der Waals surface area contributed by atoms with Gasteiger partial charge in [0.15, 0.2) is 0 Å². The molecule has 0 unspecified atom stereocenters. The Labute approximate surface area is 179 Å². The van der Waals surface area contributed by atoms with Crippen LogP contribution < -0.4 is 20.7 Å². The van der Waals surface area contributed by atoms with Gasteiger partial charge in [-0.05, 0) is 55.3 Å². The van der Waals surface area contributed by atoms with Crippen molar-refractivity contribution < 1.29 is 19.1 Å². The number of carbonyl (C=O) groups is 3. The normalized spacial score (nSPS) is 10.2. The Morgan fingerprint density at radius 3 is 2.13 bits per heavy atom. The van der Waals surface area contributed by atoms with Crippen molar-refractivity contribution in [1.82, 2.24) is 10.3 Å². The van der Waals surface area contributed by atoms with E-state index in [0.29, 0.717) is 22.9 Å². The fourth-order valence-electron chi connectivity index (χ4n) is 2.92. The van der Waals surface area contributed by atoms with E-state index in [0.717, 1.165) is 11.1 Å². The van der Waals surface area contributed by atoms with Crippen molar-refractivity contribution in [3.8, 4) is 11.5 Å². The molecule has 0 bridgehead atoms. The van der Waals surface area contributed by atoms with Gasteiger partial charge in [0.05, 0.1) is 0 Å². The van der Waals surface area contributed by atoms with Crippen molar-refractivity contribution in [2.24, 2.45) is 0 Å². The van der Waals surface area contributed by atoms with Gasteiger partial charge in [-0.3, -0.25) is 19.4 Å². The molecule has 0 fully saturated rings. The minimum absolute atomic E-state index is 0.215. The minimum Gasteiger partial charge on any atom is -0.457 e. The number of benzene rings is 2. The van der Waals surface area contributed by atoms with E-state index in [4.69, 9.17) is 4.74 Å². The lowest BCUT2D eigenvalue weighted by molar-refractivity contribution is -0.132. The highest BCUT2D eigenvalue weighted by Gasteiger charge is 2.15. The van der Waals surface area contributed by atoms with Crippen LogP contribution in [0.1, 0.15) is 21.6 Å². The van der Waals surface area contributed by atoms with Crippen molar-refractivity contribution in [1.29, 1.82) is 0 Å². The average Bonchev–Trinajstić information content (AvgIpc) is 2.72. The fourth-order valence-corrected chi connectivity index (χ4v) is 2.92. The Morgan fingerprint density at radius 2 is 1.45 bits per heavy atom. The number of ether oxygens (including phenoxy) is 1. The van der Waals surface area contributed by atoms with Crippen LogP contribution in [0.5, 0.6) is 11.5 Å². The number of hydrogen-bond acceptors (Lipinski definition) is 5. The lowest BCUT2D eigenvalue weighted by atomic mass is 10.1. The smallest absolute Gasteiger partial charge is 0.314 e. The van der Waals surface area contributed by atoms with E-state index < -0.39 is 11.8 Å². The second kappa shape index (κ2) is 9.53. The van der Waals surface area contributed by atoms with Crippen LogP contribution in [0.3, 0.4) is 0 Å². The first-order chi connectivity index (χ1) is 14.8. The summed E-state index contributed by atoms with van der Waals surface area (Å²) in [6.07, 6.45) is 1.46. The second-order valence-electron chi connectivity index (χ2n) is 6.87. The lowest BCUT2D eigenvalue weighted by Crippen LogP contribution is -2.29. The van der Waals surface area contributed by atoms with Crippen LogP contribution >= 0.6 is 0 Å². The number of nitrogens with one attached hydrogen (secondary N) is 3. The summed E-state index contributed by atoms with van der Waals surface area (Å²) < 4.78 is 5.75. The zero-order valence-corrected chi connectivity index (χ0v) is 17.4. The molecule has 8 nitrogen and oxygen atoms in total. The molecule has 3 amide bonds. The van der Waals surface area contributed by atoms with E-state index in [1.54, 1.807) is 42.5 Å². The summed E-state index contributed by atoms with van der Waals surface area (Å²) in [5.41, 5.74) is 3.12. The molecule has 158 valence electrons. The highest BCUT2D eigenvalue weighted by Crippen LogP contribution is 2.24. The highest BCUT2D eigenvalue weighted by atomic mass is 16.5. The number of rotatable bonds is 5. The Bertz CT molecular complexity index is 1120. The number of aromatic nitrogens is 1. The van der Waals surface area contributed by atoms with Crippen molar-refractivity contribution >= 4 is 29.1 Å². The molecular weight excluding hydrogens is 396 g/mol. The summed E-state index contributed by atoms with van der Waals surface area (Å²) in [5, 5.41) is 7.64. The number of carbonyl (C=O) groups excluding carboxylic acids is 3. The molecule has 3 aromatic rings. The summed E-state index contributed by atoms with van der Waals surface area (Å²) in [7, 11) is 1.51. The fraction of sp³-hybridized carbons (Fsp3) is 0.130. The molecule has 31 heavy (non-hydrogen) atoms. The van der Waals surface area contributed by atoms with Crippen molar-refractivity contribution in [2.75, 3.05) is 17.7 Å². The van der Waals surface area contributed by atoms with E-state index in [2.05, 4.69) is 20.9 Å². The molecule has 0 saturated carbocycles. The first kappa shape index (κ1) is 21.5. The molecule has 0 aliphatic heterocycles. The van der Waals surface area contributed by atoms with Gasteiger partial charge < -0.3 is 20.7 Å². The summed E-state index contributed by atoms with van der Waals surface area (Å²) in [4.78, 5) is 40.2. The topological polar surface area (TPSA) is 109 Å². The van der Waals surface area contributed by atoms with E-state index >= 15 is 0 Å². The van der Waals surface area contributed by atoms with Gasteiger partial charge in [-0.15, -0.1) is 0 Å². The van der Waals surface area contributed by atoms with Gasteiger partial charge in [0.2, 0.25) is 0 Å². The molecule has 0 aliphatic carbocycles. The van der Waals surface area contributed by atoms with Gasteiger partial charge in [-0.2, -0.15) is 0 Å². The molecule has 0 saturated heterocycles. The predicted octanol–water partition coefficient (Wildman–Crippen LogP) is 3.43. The molecule has 0 radical (unpaired) electrons. The van der Waals surface area contributed by atoms with Crippen LogP contribution in [0, 0.1) is 13.8 Å². The van der Waals surface area contributed by atoms with E-state index in [9.17, 15) is 14.4 Å². The highest BCUT2D eigenvalue weighted by molar-refractivity contribution is 6.43. The van der Waals surface area contributed by atoms with E-state index in [-0.39, 0.29) is 11.6 Å². The van der Waals surface area contributed by atoms with E-state index in [1.165, 1.54) is 19.3 Å². The third-order valence-electron chi connectivity index (χ3n) is 4.20. The molecule has 1 heterocycles. The maximum Gasteiger partial charge on any atom is 0.314 e. The number of nitrogens with zero attached hydrogens (tertiary/aromatic N) is 1. The molecule has 0 spiro atoms. The summed E-state index contributed by atoms with van der Waals surface area (Å²) in [5.74, 6) is -1.09. The minimum atomic E-state index is -0.804. The van der Waals surface area contributed by atoms with Crippen LogP contribution in [-0.2, 0) is 9.59 Å². The number of anilines is 2.